The number of benzene rings is 9. The highest BCUT2D eigenvalue weighted by molar-refractivity contribution is 7.26. The second-order valence-corrected chi connectivity index (χ2v) is 14.8. The maximum Gasteiger partial charge on any atom is 0.143 e. The normalized spacial score (nSPS) is 11.8. The molecule has 2 heterocycles. The van der Waals surface area contributed by atoms with Crippen LogP contribution in [-0.4, -0.2) is 0 Å². The number of fused-ring (bicyclic) bond motifs is 10. The van der Waals surface area contributed by atoms with Crippen LogP contribution >= 0.6 is 11.3 Å². The van der Waals surface area contributed by atoms with Crippen LogP contribution in [0.3, 0.4) is 0 Å². The summed E-state index contributed by atoms with van der Waals surface area (Å²) in [5, 5.41) is 9.67. The van der Waals surface area contributed by atoms with E-state index in [0.29, 0.717) is 0 Å². The van der Waals surface area contributed by atoms with Gasteiger partial charge in [0.1, 0.15) is 11.2 Å². The summed E-state index contributed by atoms with van der Waals surface area (Å²) >= 11 is 1.84. The molecule has 2 nitrogen and oxygen atoms in total. The van der Waals surface area contributed by atoms with E-state index in [2.05, 4.69) is 193 Å². The van der Waals surface area contributed by atoms with Gasteiger partial charge < -0.3 is 9.32 Å². The first kappa shape index (κ1) is 30.0. The number of anilines is 3. The molecule has 0 N–H and O–H groups in total. The third kappa shape index (κ3) is 4.93. The second kappa shape index (κ2) is 11.9. The SMILES string of the molecule is c1ccc(-c2ccc(N(c3ccc(-c4ccc5ccccc5c4)cc3)c3ccc4sc5ccc6oc7c8ccccc8ccc7c6c5c4c3)cc2)cc1. The Morgan fingerprint density at radius 1 is 0.358 bits per heavy atom. The zero-order valence-corrected chi connectivity index (χ0v) is 29.5. The van der Waals surface area contributed by atoms with Gasteiger partial charge in [0.15, 0.2) is 0 Å². The Morgan fingerprint density at radius 2 is 0.962 bits per heavy atom. The number of rotatable bonds is 5. The summed E-state index contributed by atoms with van der Waals surface area (Å²) in [5.74, 6) is 0. The first-order valence-electron chi connectivity index (χ1n) is 18.0. The Balaban J connectivity index is 1.09. The van der Waals surface area contributed by atoms with Crippen molar-refractivity contribution in [1.82, 2.24) is 0 Å². The first-order valence-corrected chi connectivity index (χ1v) is 18.8. The van der Waals surface area contributed by atoms with Gasteiger partial charge in [-0.2, -0.15) is 0 Å². The van der Waals surface area contributed by atoms with Crippen LogP contribution < -0.4 is 4.90 Å². The summed E-state index contributed by atoms with van der Waals surface area (Å²) in [6, 6.07) is 68.0. The minimum Gasteiger partial charge on any atom is -0.455 e. The average molecular weight is 694 g/mol. The van der Waals surface area contributed by atoms with E-state index in [9.17, 15) is 0 Å². The summed E-state index contributed by atoms with van der Waals surface area (Å²) in [7, 11) is 0. The summed E-state index contributed by atoms with van der Waals surface area (Å²) in [4.78, 5) is 2.38. The van der Waals surface area contributed by atoms with Gasteiger partial charge in [-0.15, -0.1) is 11.3 Å². The molecule has 0 atom stereocenters. The van der Waals surface area contributed by atoms with Crippen molar-refractivity contribution < 1.29 is 4.42 Å². The molecular formula is C50H31NOS. The number of nitrogens with zero attached hydrogens (tertiary/aromatic N) is 1. The molecule has 9 aromatic carbocycles. The van der Waals surface area contributed by atoms with Crippen molar-refractivity contribution >= 4 is 92.1 Å². The molecule has 2 aromatic heterocycles. The van der Waals surface area contributed by atoms with E-state index in [1.807, 2.05) is 11.3 Å². The van der Waals surface area contributed by atoms with Crippen LogP contribution in [0.1, 0.15) is 0 Å². The highest BCUT2D eigenvalue weighted by Crippen LogP contribution is 2.46. The van der Waals surface area contributed by atoms with Crippen LogP contribution in [0.5, 0.6) is 0 Å². The molecule has 0 saturated carbocycles. The molecule has 0 radical (unpaired) electrons. The third-order valence-electron chi connectivity index (χ3n) is 10.6. The van der Waals surface area contributed by atoms with Crippen molar-refractivity contribution in [2.24, 2.45) is 0 Å². The van der Waals surface area contributed by atoms with E-state index in [1.165, 1.54) is 64.0 Å². The Labute approximate surface area is 310 Å². The molecule has 0 aliphatic heterocycles. The predicted molar refractivity (Wildman–Crippen MR) is 227 cm³/mol. The quantitative estimate of drug-likeness (QED) is 0.178. The predicted octanol–water partition coefficient (Wildman–Crippen LogP) is 15.1. The Kier molecular flexibility index (Phi) is 6.76. The highest BCUT2D eigenvalue weighted by Gasteiger charge is 2.19. The maximum atomic E-state index is 6.62. The van der Waals surface area contributed by atoms with Crippen LogP contribution in [-0.2, 0) is 0 Å². The van der Waals surface area contributed by atoms with Gasteiger partial charge in [-0.1, -0.05) is 121 Å². The van der Waals surface area contributed by atoms with Crippen LogP contribution in [0.4, 0.5) is 17.1 Å². The van der Waals surface area contributed by atoms with Crippen LogP contribution in [0.25, 0.3) is 85.9 Å². The van der Waals surface area contributed by atoms with E-state index in [1.54, 1.807) is 0 Å². The fourth-order valence-corrected chi connectivity index (χ4v) is 9.14. The van der Waals surface area contributed by atoms with Crippen molar-refractivity contribution in [2.75, 3.05) is 4.90 Å². The largest absolute Gasteiger partial charge is 0.455 e. The number of hydrogen-bond donors (Lipinski definition) is 0. The van der Waals surface area contributed by atoms with Gasteiger partial charge in [0.05, 0.1) is 0 Å². The monoisotopic (exact) mass is 693 g/mol. The van der Waals surface area contributed by atoms with Crippen LogP contribution in [0.2, 0.25) is 0 Å². The molecule has 0 saturated heterocycles. The molecule has 0 spiro atoms. The van der Waals surface area contributed by atoms with Crippen LogP contribution in [0, 0.1) is 0 Å². The lowest BCUT2D eigenvalue weighted by molar-refractivity contribution is 0.673. The van der Waals surface area contributed by atoms with Crippen molar-refractivity contribution in [3.05, 3.63) is 188 Å². The van der Waals surface area contributed by atoms with Crippen molar-refractivity contribution in [1.29, 1.82) is 0 Å². The molecule has 0 aliphatic carbocycles. The molecule has 0 unspecified atom stereocenters. The van der Waals surface area contributed by atoms with Gasteiger partial charge in [-0.25, -0.2) is 0 Å². The van der Waals surface area contributed by atoms with Gasteiger partial charge in [0.25, 0.3) is 0 Å². The van der Waals surface area contributed by atoms with E-state index in [4.69, 9.17) is 4.42 Å². The maximum absolute atomic E-state index is 6.62. The van der Waals surface area contributed by atoms with Crippen molar-refractivity contribution in [3.8, 4) is 22.3 Å². The zero-order valence-electron chi connectivity index (χ0n) is 28.7. The molecule has 0 amide bonds. The Morgan fingerprint density at radius 3 is 1.75 bits per heavy atom. The summed E-state index contributed by atoms with van der Waals surface area (Å²) in [5.41, 5.74) is 10.0. The fraction of sp³-hybridized carbons (Fsp3) is 0. The van der Waals surface area contributed by atoms with Gasteiger partial charge in [0.2, 0.25) is 0 Å². The lowest BCUT2D eigenvalue weighted by atomic mass is 10.0. The summed E-state index contributed by atoms with van der Waals surface area (Å²) in [6.45, 7) is 0. The standard InChI is InChI=1S/C50H31NOS/c1-2-8-32(9-3-1)34-16-21-39(22-17-34)51(40-23-18-35(19-24-40)38-15-14-33-10-4-5-12-37(33)30-38)41-25-28-46-44(31-41)49-47(53-46)29-27-45-48(49)43-26-20-36-11-6-7-13-42(36)50(43)52-45/h1-31H. The molecule has 0 bridgehead atoms. The topological polar surface area (TPSA) is 16.4 Å². The Hall–Kier alpha value is -6.68. The van der Waals surface area contributed by atoms with Crippen molar-refractivity contribution in [3.63, 3.8) is 0 Å². The second-order valence-electron chi connectivity index (χ2n) is 13.7. The molecular weight excluding hydrogens is 663 g/mol. The lowest BCUT2D eigenvalue weighted by Crippen LogP contribution is -2.09. The van der Waals surface area contributed by atoms with Crippen LogP contribution in [0.15, 0.2) is 192 Å². The van der Waals surface area contributed by atoms with E-state index < -0.39 is 0 Å². The first-order chi connectivity index (χ1) is 26.2. The average Bonchev–Trinajstić information content (AvgIpc) is 3.80. The molecule has 11 rings (SSSR count). The third-order valence-corrected chi connectivity index (χ3v) is 11.8. The summed E-state index contributed by atoms with van der Waals surface area (Å²) in [6.07, 6.45) is 0. The van der Waals surface area contributed by atoms with E-state index in [-0.39, 0.29) is 0 Å². The highest BCUT2D eigenvalue weighted by atomic mass is 32.1. The van der Waals surface area contributed by atoms with E-state index in [0.717, 1.165) is 39.0 Å². The van der Waals surface area contributed by atoms with Gasteiger partial charge in [-0.3, -0.25) is 0 Å². The summed E-state index contributed by atoms with van der Waals surface area (Å²) < 4.78 is 9.15. The molecule has 11 aromatic rings. The molecule has 53 heavy (non-hydrogen) atoms. The Bertz CT molecular complexity index is 3150. The van der Waals surface area contributed by atoms with E-state index >= 15 is 0 Å². The fourth-order valence-electron chi connectivity index (χ4n) is 8.04. The van der Waals surface area contributed by atoms with Gasteiger partial charge in [-0.05, 0) is 105 Å². The number of thiophene rings is 1. The lowest BCUT2D eigenvalue weighted by Gasteiger charge is -2.26. The van der Waals surface area contributed by atoms with Crippen molar-refractivity contribution in [2.45, 2.75) is 0 Å². The van der Waals surface area contributed by atoms with Gasteiger partial charge >= 0.3 is 0 Å². The number of hydrogen-bond acceptors (Lipinski definition) is 3. The minimum absolute atomic E-state index is 0.923. The molecule has 3 heteroatoms. The minimum atomic E-state index is 0.923. The van der Waals surface area contributed by atoms with Gasteiger partial charge in [0, 0.05) is 53.4 Å². The molecule has 0 fully saturated rings. The smallest absolute Gasteiger partial charge is 0.143 e. The molecule has 0 aliphatic rings. The molecule has 248 valence electrons. The number of furan rings is 1. The zero-order chi connectivity index (χ0) is 34.9.